The highest BCUT2D eigenvalue weighted by Gasteiger charge is 2.22. The van der Waals surface area contributed by atoms with Crippen LogP contribution in [0.4, 0.5) is 0 Å². The fourth-order valence-corrected chi connectivity index (χ4v) is 3.15. The van der Waals surface area contributed by atoms with E-state index >= 15 is 0 Å². The van der Waals surface area contributed by atoms with E-state index in [1.165, 1.54) is 5.56 Å². The third-order valence-electron chi connectivity index (χ3n) is 4.64. The Hall–Kier alpha value is -2.17. The number of carbonyl (C=O) groups is 1. The maximum Gasteiger partial charge on any atom is 0.138 e. The van der Waals surface area contributed by atoms with Crippen LogP contribution in [0.3, 0.4) is 0 Å². The van der Waals surface area contributed by atoms with Crippen LogP contribution in [0, 0.1) is 0 Å². The summed E-state index contributed by atoms with van der Waals surface area (Å²) in [6.45, 7) is 2.26. The summed E-state index contributed by atoms with van der Waals surface area (Å²) in [5.74, 6) is 0.870. The van der Waals surface area contributed by atoms with Crippen molar-refractivity contribution in [3.63, 3.8) is 0 Å². The summed E-state index contributed by atoms with van der Waals surface area (Å²) in [5, 5.41) is 6.83. The summed E-state index contributed by atoms with van der Waals surface area (Å²) < 4.78 is 5.82. The van der Waals surface area contributed by atoms with Crippen LogP contribution in [-0.2, 0) is 17.9 Å². The molecule has 25 heavy (non-hydrogen) atoms. The largest absolute Gasteiger partial charge is 0.489 e. The summed E-state index contributed by atoms with van der Waals surface area (Å²) in [6, 6.07) is 18.4. The van der Waals surface area contributed by atoms with E-state index in [0.29, 0.717) is 6.61 Å². The lowest BCUT2D eigenvalue weighted by molar-refractivity contribution is -0.110. The Morgan fingerprint density at radius 3 is 2.60 bits per heavy atom. The second-order valence-electron chi connectivity index (χ2n) is 6.52. The molecule has 2 unspecified atom stereocenters. The van der Waals surface area contributed by atoms with Crippen molar-refractivity contribution in [3.05, 3.63) is 65.7 Å². The minimum absolute atomic E-state index is 0.0871. The van der Waals surface area contributed by atoms with E-state index < -0.39 is 0 Å². The van der Waals surface area contributed by atoms with E-state index in [9.17, 15) is 4.79 Å². The molecule has 132 valence electrons. The van der Waals surface area contributed by atoms with E-state index in [1.54, 1.807) is 0 Å². The molecule has 2 N–H and O–H groups in total. The van der Waals surface area contributed by atoms with Gasteiger partial charge in [-0.3, -0.25) is 0 Å². The van der Waals surface area contributed by atoms with Gasteiger partial charge in [-0.15, -0.1) is 0 Å². The van der Waals surface area contributed by atoms with Gasteiger partial charge in [-0.2, -0.15) is 0 Å². The molecule has 0 radical (unpaired) electrons. The van der Waals surface area contributed by atoms with E-state index in [-0.39, 0.29) is 12.1 Å². The summed E-state index contributed by atoms with van der Waals surface area (Å²) in [7, 11) is 0. The zero-order valence-corrected chi connectivity index (χ0v) is 14.5. The van der Waals surface area contributed by atoms with Crippen molar-refractivity contribution in [1.29, 1.82) is 0 Å². The Labute approximate surface area is 149 Å². The third kappa shape index (κ3) is 5.41. The maximum atomic E-state index is 11.2. The number of ether oxygens (including phenoxy) is 1. The van der Waals surface area contributed by atoms with Crippen molar-refractivity contribution in [1.82, 2.24) is 10.6 Å². The Bertz CT molecular complexity index is 643. The van der Waals surface area contributed by atoms with Gasteiger partial charge >= 0.3 is 0 Å². The van der Waals surface area contributed by atoms with Gasteiger partial charge in [0.1, 0.15) is 18.6 Å². The van der Waals surface area contributed by atoms with Gasteiger partial charge in [-0.25, -0.2) is 0 Å². The molecule has 1 aliphatic heterocycles. The molecule has 1 heterocycles. The zero-order valence-electron chi connectivity index (χ0n) is 14.5. The normalized spacial score (nSPS) is 20.6. The Morgan fingerprint density at radius 2 is 1.84 bits per heavy atom. The van der Waals surface area contributed by atoms with Crippen LogP contribution >= 0.6 is 0 Å². The molecule has 1 fully saturated rings. The van der Waals surface area contributed by atoms with E-state index in [0.717, 1.165) is 50.0 Å². The molecule has 4 heteroatoms. The average Bonchev–Trinajstić information content (AvgIpc) is 2.91. The standard InChI is InChI=1S/C21H26N2O2/c24-15-21-20(8-4-5-13-22-21)23-14-17-9-11-19(12-10-17)25-16-18-6-2-1-3-7-18/h1-3,6-7,9-12,15,20-23H,4-5,8,13-14,16H2. The minimum Gasteiger partial charge on any atom is -0.489 e. The van der Waals surface area contributed by atoms with Gasteiger partial charge in [0.25, 0.3) is 0 Å². The highest BCUT2D eigenvalue weighted by Crippen LogP contribution is 2.15. The van der Waals surface area contributed by atoms with Gasteiger partial charge in [0.2, 0.25) is 0 Å². The first kappa shape index (κ1) is 17.6. The number of hydrogen-bond acceptors (Lipinski definition) is 4. The van der Waals surface area contributed by atoms with Crippen molar-refractivity contribution in [2.75, 3.05) is 6.54 Å². The second kappa shape index (κ2) is 9.35. The molecule has 2 atom stereocenters. The lowest BCUT2D eigenvalue weighted by atomic mass is 10.0. The van der Waals surface area contributed by atoms with Crippen molar-refractivity contribution in [2.24, 2.45) is 0 Å². The van der Waals surface area contributed by atoms with Gasteiger partial charge in [0.15, 0.2) is 0 Å². The van der Waals surface area contributed by atoms with E-state index in [1.807, 2.05) is 30.3 Å². The molecular weight excluding hydrogens is 312 g/mol. The van der Waals surface area contributed by atoms with Crippen molar-refractivity contribution >= 4 is 6.29 Å². The molecular formula is C21H26N2O2. The molecule has 0 aromatic heterocycles. The van der Waals surface area contributed by atoms with Gasteiger partial charge < -0.3 is 20.2 Å². The number of aldehydes is 1. The van der Waals surface area contributed by atoms with Crippen LogP contribution < -0.4 is 15.4 Å². The molecule has 4 nitrogen and oxygen atoms in total. The molecule has 0 spiro atoms. The van der Waals surface area contributed by atoms with Gasteiger partial charge in [-0.05, 0) is 42.6 Å². The van der Waals surface area contributed by atoms with E-state index in [4.69, 9.17) is 4.74 Å². The average molecular weight is 338 g/mol. The molecule has 2 aromatic rings. The first-order chi connectivity index (χ1) is 12.3. The number of benzene rings is 2. The smallest absolute Gasteiger partial charge is 0.138 e. The highest BCUT2D eigenvalue weighted by atomic mass is 16.5. The zero-order chi connectivity index (χ0) is 17.3. The highest BCUT2D eigenvalue weighted by molar-refractivity contribution is 5.59. The van der Waals surface area contributed by atoms with E-state index in [2.05, 4.69) is 34.9 Å². The first-order valence-corrected chi connectivity index (χ1v) is 9.03. The SMILES string of the molecule is O=CC1NCCCCC1NCc1ccc(OCc2ccccc2)cc1. The molecule has 3 rings (SSSR count). The van der Waals surface area contributed by atoms with Crippen LogP contribution in [-0.4, -0.2) is 24.9 Å². The summed E-state index contributed by atoms with van der Waals surface area (Å²) >= 11 is 0. The van der Waals surface area contributed by atoms with Gasteiger partial charge in [0, 0.05) is 12.6 Å². The minimum atomic E-state index is -0.0871. The lowest BCUT2D eigenvalue weighted by Crippen LogP contribution is -2.47. The molecule has 0 aliphatic carbocycles. The van der Waals surface area contributed by atoms with Crippen molar-refractivity contribution in [2.45, 2.75) is 44.5 Å². The predicted molar refractivity (Wildman–Crippen MR) is 99.5 cm³/mol. The third-order valence-corrected chi connectivity index (χ3v) is 4.64. The second-order valence-corrected chi connectivity index (χ2v) is 6.52. The fourth-order valence-electron chi connectivity index (χ4n) is 3.15. The topological polar surface area (TPSA) is 50.4 Å². The van der Waals surface area contributed by atoms with Crippen LogP contribution in [0.1, 0.15) is 30.4 Å². The fraction of sp³-hybridized carbons (Fsp3) is 0.381. The van der Waals surface area contributed by atoms with Crippen molar-refractivity contribution in [3.8, 4) is 5.75 Å². The lowest BCUT2D eigenvalue weighted by Gasteiger charge is -2.22. The van der Waals surface area contributed by atoms with Crippen LogP contribution in [0.25, 0.3) is 0 Å². The number of nitrogens with one attached hydrogen (secondary N) is 2. The first-order valence-electron chi connectivity index (χ1n) is 9.03. The molecule has 0 saturated carbocycles. The number of rotatable bonds is 7. The Balaban J connectivity index is 1.49. The van der Waals surface area contributed by atoms with Crippen LogP contribution in [0.2, 0.25) is 0 Å². The number of carbonyl (C=O) groups excluding carboxylic acids is 1. The molecule has 0 amide bonds. The Kier molecular flexibility index (Phi) is 6.60. The van der Waals surface area contributed by atoms with Gasteiger partial charge in [-0.1, -0.05) is 48.9 Å². The quantitative estimate of drug-likeness (QED) is 0.762. The monoisotopic (exact) mass is 338 g/mol. The summed E-state index contributed by atoms with van der Waals surface area (Å²) in [4.78, 5) is 11.2. The Morgan fingerprint density at radius 1 is 1.04 bits per heavy atom. The molecule has 1 aliphatic rings. The molecule has 1 saturated heterocycles. The summed E-state index contributed by atoms with van der Waals surface area (Å²) in [5.41, 5.74) is 2.36. The maximum absolute atomic E-state index is 11.2. The van der Waals surface area contributed by atoms with Gasteiger partial charge in [0.05, 0.1) is 6.04 Å². The van der Waals surface area contributed by atoms with Crippen LogP contribution in [0.15, 0.2) is 54.6 Å². The number of hydrogen-bond donors (Lipinski definition) is 2. The molecule has 2 aromatic carbocycles. The van der Waals surface area contributed by atoms with Crippen molar-refractivity contribution < 1.29 is 9.53 Å². The molecule has 0 bridgehead atoms. The predicted octanol–water partition coefficient (Wildman–Crippen LogP) is 3.06. The van der Waals surface area contributed by atoms with Crippen LogP contribution in [0.5, 0.6) is 5.75 Å². The summed E-state index contributed by atoms with van der Waals surface area (Å²) in [6.07, 6.45) is 4.36.